The van der Waals surface area contributed by atoms with E-state index in [0.717, 1.165) is 16.6 Å². The second-order valence-corrected chi connectivity index (χ2v) is 7.27. The van der Waals surface area contributed by atoms with Gasteiger partial charge in [-0.15, -0.1) is 0 Å². The fourth-order valence-electron chi connectivity index (χ4n) is 2.51. The number of hydrogen-bond donors (Lipinski definition) is 1. The van der Waals surface area contributed by atoms with Crippen LogP contribution in [-0.4, -0.2) is 17.5 Å². The van der Waals surface area contributed by atoms with Crippen LogP contribution in [0.25, 0.3) is 10.2 Å². The number of aromatic nitrogens is 1. The summed E-state index contributed by atoms with van der Waals surface area (Å²) in [5.41, 5.74) is 3.36. The molecule has 0 saturated heterocycles. The van der Waals surface area contributed by atoms with Gasteiger partial charge in [0, 0.05) is 0 Å². The number of nitrogens with zero attached hydrogens (tertiary/aromatic N) is 1. The Morgan fingerprint density at radius 2 is 2.08 bits per heavy atom. The highest BCUT2D eigenvalue weighted by Gasteiger charge is 2.09. The largest absolute Gasteiger partial charge is 0.484 e. The van der Waals surface area contributed by atoms with Gasteiger partial charge in [-0.25, -0.2) is 4.98 Å². The minimum atomic E-state index is -0.204. The molecule has 130 valence electrons. The normalized spacial score (nSPS) is 11.0. The molecule has 5 heteroatoms. The molecule has 0 aliphatic heterocycles. The van der Waals surface area contributed by atoms with Crippen LogP contribution in [0.4, 0.5) is 5.13 Å². The Bertz CT molecular complexity index is 886. The zero-order valence-corrected chi connectivity index (χ0v) is 15.5. The van der Waals surface area contributed by atoms with Crippen LogP contribution >= 0.6 is 11.3 Å². The van der Waals surface area contributed by atoms with Crippen LogP contribution < -0.4 is 10.1 Å². The standard InChI is InChI=1S/C20H22N2O2S/c1-4-14-8-9-17-18(10-14)25-20(21-17)22-19(23)12-24-16-7-5-6-15(11-16)13(2)3/h5-11,13H,4,12H2,1-3H3,(H,21,22,23). The molecule has 0 atom stereocenters. The van der Waals surface area contributed by atoms with Crippen LogP contribution in [0, 0.1) is 0 Å². The first kappa shape index (κ1) is 17.4. The molecule has 0 unspecified atom stereocenters. The lowest BCUT2D eigenvalue weighted by Gasteiger charge is -2.09. The van der Waals surface area contributed by atoms with Gasteiger partial charge in [-0.2, -0.15) is 0 Å². The van der Waals surface area contributed by atoms with E-state index in [1.165, 1.54) is 22.5 Å². The molecule has 0 spiro atoms. The molecule has 3 rings (SSSR count). The highest BCUT2D eigenvalue weighted by Crippen LogP contribution is 2.27. The molecule has 3 aromatic rings. The summed E-state index contributed by atoms with van der Waals surface area (Å²) >= 11 is 1.48. The molecular weight excluding hydrogens is 332 g/mol. The Hall–Kier alpha value is -2.40. The summed E-state index contributed by atoms with van der Waals surface area (Å²) in [6.45, 7) is 6.35. The number of fused-ring (bicyclic) bond motifs is 1. The molecule has 1 amide bonds. The first-order valence-electron chi connectivity index (χ1n) is 8.47. The van der Waals surface area contributed by atoms with E-state index in [0.29, 0.717) is 16.8 Å². The molecular formula is C20H22N2O2S. The molecule has 0 fully saturated rings. The van der Waals surface area contributed by atoms with Crippen molar-refractivity contribution in [2.24, 2.45) is 0 Å². The van der Waals surface area contributed by atoms with Gasteiger partial charge in [-0.1, -0.05) is 50.3 Å². The van der Waals surface area contributed by atoms with Crippen molar-refractivity contribution >= 4 is 32.6 Å². The smallest absolute Gasteiger partial charge is 0.264 e. The van der Waals surface area contributed by atoms with E-state index in [2.05, 4.69) is 49.3 Å². The maximum absolute atomic E-state index is 12.1. The number of amides is 1. The van der Waals surface area contributed by atoms with Crippen molar-refractivity contribution in [3.8, 4) is 5.75 Å². The number of thiazole rings is 1. The van der Waals surface area contributed by atoms with Gasteiger partial charge < -0.3 is 4.74 Å². The van der Waals surface area contributed by atoms with Gasteiger partial charge >= 0.3 is 0 Å². The summed E-state index contributed by atoms with van der Waals surface area (Å²) in [4.78, 5) is 16.6. The third-order valence-electron chi connectivity index (χ3n) is 4.00. The molecule has 1 N–H and O–H groups in total. The summed E-state index contributed by atoms with van der Waals surface area (Å²) in [6, 6.07) is 14.0. The molecule has 0 aliphatic carbocycles. The number of anilines is 1. The third kappa shape index (κ3) is 4.37. The van der Waals surface area contributed by atoms with Gasteiger partial charge in [-0.05, 0) is 47.7 Å². The third-order valence-corrected chi connectivity index (χ3v) is 4.94. The lowest BCUT2D eigenvalue weighted by Crippen LogP contribution is -2.20. The van der Waals surface area contributed by atoms with Crippen LogP contribution in [0.3, 0.4) is 0 Å². The molecule has 0 bridgehead atoms. The topological polar surface area (TPSA) is 51.2 Å². The Morgan fingerprint density at radius 1 is 1.24 bits per heavy atom. The van der Waals surface area contributed by atoms with E-state index in [4.69, 9.17) is 4.74 Å². The SMILES string of the molecule is CCc1ccc2nc(NC(=O)COc3cccc(C(C)C)c3)sc2c1. The minimum Gasteiger partial charge on any atom is -0.484 e. The molecule has 25 heavy (non-hydrogen) atoms. The molecule has 0 radical (unpaired) electrons. The zero-order chi connectivity index (χ0) is 17.8. The van der Waals surface area contributed by atoms with Crippen molar-refractivity contribution in [1.82, 2.24) is 4.98 Å². The van der Waals surface area contributed by atoms with Gasteiger partial charge in [0.05, 0.1) is 10.2 Å². The average molecular weight is 354 g/mol. The number of benzene rings is 2. The van der Waals surface area contributed by atoms with Crippen LogP contribution in [0.1, 0.15) is 37.8 Å². The fourth-order valence-corrected chi connectivity index (χ4v) is 3.46. The van der Waals surface area contributed by atoms with Crippen LogP contribution in [0.2, 0.25) is 0 Å². The predicted molar refractivity (Wildman–Crippen MR) is 104 cm³/mol. The number of carbonyl (C=O) groups excluding carboxylic acids is 1. The van der Waals surface area contributed by atoms with Crippen molar-refractivity contribution in [3.05, 3.63) is 53.6 Å². The number of aryl methyl sites for hydroxylation is 1. The number of rotatable bonds is 6. The average Bonchev–Trinajstić information content (AvgIpc) is 3.01. The van der Waals surface area contributed by atoms with Crippen molar-refractivity contribution in [2.75, 3.05) is 11.9 Å². The molecule has 0 saturated carbocycles. The van der Waals surface area contributed by atoms with Gasteiger partial charge in [0.2, 0.25) is 0 Å². The highest BCUT2D eigenvalue weighted by atomic mass is 32.1. The highest BCUT2D eigenvalue weighted by molar-refractivity contribution is 7.22. The second kappa shape index (κ2) is 7.66. The number of carbonyl (C=O) groups is 1. The van der Waals surface area contributed by atoms with Crippen LogP contribution in [-0.2, 0) is 11.2 Å². The molecule has 0 aliphatic rings. The monoisotopic (exact) mass is 354 g/mol. The molecule has 1 aromatic heterocycles. The van der Waals surface area contributed by atoms with Gasteiger partial charge in [-0.3, -0.25) is 10.1 Å². The van der Waals surface area contributed by atoms with Crippen molar-refractivity contribution < 1.29 is 9.53 Å². The van der Waals surface area contributed by atoms with E-state index in [9.17, 15) is 4.79 Å². The van der Waals surface area contributed by atoms with Gasteiger partial charge in [0.25, 0.3) is 5.91 Å². The van der Waals surface area contributed by atoms with Crippen molar-refractivity contribution in [2.45, 2.75) is 33.1 Å². The summed E-state index contributed by atoms with van der Waals surface area (Å²) in [5.74, 6) is 0.927. The second-order valence-electron chi connectivity index (χ2n) is 6.24. The summed E-state index contributed by atoms with van der Waals surface area (Å²) in [6.07, 6.45) is 0.985. The van der Waals surface area contributed by atoms with E-state index < -0.39 is 0 Å². The lowest BCUT2D eigenvalue weighted by atomic mass is 10.0. The molecule has 4 nitrogen and oxygen atoms in total. The summed E-state index contributed by atoms with van der Waals surface area (Å²) in [5, 5.41) is 3.42. The number of hydrogen-bond acceptors (Lipinski definition) is 4. The van der Waals surface area contributed by atoms with Crippen LogP contribution in [0.5, 0.6) is 5.75 Å². The quantitative estimate of drug-likeness (QED) is 0.678. The molecule has 2 aromatic carbocycles. The summed E-state index contributed by atoms with van der Waals surface area (Å²) < 4.78 is 6.69. The Labute approximate surface area is 151 Å². The minimum absolute atomic E-state index is 0.0301. The maximum Gasteiger partial charge on any atom is 0.264 e. The Balaban J connectivity index is 1.62. The van der Waals surface area contributed by atoms with E-state index in [-0.39, 0.29) is 12.5 Å². The van der Waals surface area contributed by atoms with Crippen LogP contribution in [0.15, 0.2) is 42.5 Å². The lowest BCUT2D eigenvalue weighted by molar-refractivity contribution is -0.118. The first-order valence-corrected chi connectivity index (χ1v) is 9.29. The number of ether oxygens (including phenoxy) is 1. The van der Waals surface area contributed by atoms with Crippen molar-refractivity contribution in [1.29, 1.82) is 0 Å². The maximum atomic E-state index is 12.1. The summed E-state index contributed by atoms with van der Waals surface area (Å²) in [7, 11) is 0. The first-order chi connectivity index (χ1) is 12.0. The number of nitrogens with one attached hydrogen (secondary N) is 1. The Kier molecular flexibility index (Phi) is 5.34. The van der Waals surface area contributed by atoms with Crippen molar-refractivity contribution in [3.63, 3.8) is 0 Å². The zero-order valence-electron chi connectivity index (χ0n) is 14.7. The van der Waals surface area contributed by atoms with Gasteiger partial charge in [0.1, 0.15) is 5.75 Å². The Morgan fingerprint density at radius 3 is 2.84 bits per heavy atom. The van der Waals surface area contributed by atoms with E-state index in [1.807, 2.05) is 24.3 Å². The van der Waals surface area contributed by atoms with E-state index in [1.54, 1.807) is 0 Å². The fraction of sp³-hybridized carbons (Fsp3) is 0.300. The predicted octanol–water partition coefficient (Wildman–Crippen LogP) is 5.00. The van der Waals surface area contributed by atoms with Gasteiger partial charge in [0.15, 0.2) is 11.7 Å². The van der Waals surface area contributed by atoms with E-state index >= 15 is 0 Å². The molecule has 1 heterocycles.